The van der Waals surface area contributed by atoms with Crippen LogP contribution in [0.1, 0.15) is 12.2 Å². The second kappa shape index (κ2) is 6.51. The molecule has 0 aromatic carbocycles. The summed E-state index contributed by atoms with van der Waals surface area (Å²) in [4.78, 5) is 11.0. The SMILES string of the molecule is Cc1nc(NCCCO)cc(N2CCOCC2)n1. The number of aliphatic hydroxyl groups excluding tert-OH is 1. The average Bonchev–Trinajstić information content (AvgIpc) is 2.39. The number of aromatic nitrogens is 2. The molecule has 18 heavy (non-hydrogen) atoms. The van der Waals surface area contributed by atoms with Gasteiger partial charge in [-0.1, -0.05) is 0 Å². The van der Waals surface area contributed by atoms with Crippen LogP contribution >= 0.6 is 0 Å². The lowest BCUT2D eigenvalue weighted by atomic mass is 10.3. The van der Waals surface area contributed by atoms with Crippen molar-refractivity contribution in [3.8, 4) is 0 Å². The molecule has 0 unspecified atom stereocenters. The van der Waals surface area contributed by atoms with Crippen LogP contribution in [0.5, 0.6) is 0 Å². The van der Waals surface area contributed by atoms with Gasteiger partial charge in [0.15, 0.2) is 0 Å². The van der Waals surface area contributed by atoms with E-state index in [1.54, 1.807) is 0 Å². The third-order valence-electron chi connectivity index (χ3n) is 2.80. The summed E-state index contributed by atoms with van der Waals surface area (Å²) in [6.07, 6.45) is 0.718. The third kappa shape index (κ3) is 3.54. The summed E-state index contributed by atoms with van der Waals surface area (Å²) in [5, 5.41) is 12.0. The average molecular weight is 252 g/mol. The number of morpholine rings is 1. The number of rotatable bonds is 5. The maximum absolute atomic E-state index is 8.76. The van der Waals surface area contributed by atoms with E-state index in [1.165, 1.54) is 0 Å². The van der Waals surface area contributed by atoms with Gasteiger partial charge in [0.05, 0.1) is 13.2 Å². The molecule has 0 amide bonds. The first-order valence-corrected chi connectivity index (χ1v) is 6.32. The third-order valence-corrected chi connectivity index (χ3v) is 2.80. The monoisotopic (exact) mass is 252 g/mol. The van der Waals surface area contributed by atoms with Gasteiger partial charge < -0.3 is 20.1 Å². The number of hydrogen-bond acceptors (Lipinski definition) is 6. The van der Waals surface area contributed by atoms with E-state index < -0.39 is 0 Å². The molecule has 0 spiro atoms. The van der Waals surface area contributed by atoms with Gasteiger partial charge >= 0.3 is 0 Å². The number of ether oxygens (including phenoxy) is 1. The van der Waals surface area contributed by atoms with Gasteiger partial charge in [-0.2, -0.15) is 0 Å². The van der Waals surface area contributed by atoms with E-state index >= 15 is 0 Å². The van der Waals surface area contributed by atoms with Crippen molar-refractivity contribution in [1.29, 1.82) is 0 Å². The predicted octanol–water partition coefficient (Wildman–Crippen LogP) is 0.416. The van der Waals surface area contributed by atoms with Gasteiger partial charge in [0, 0.05) is 32.3 Å². The number of nitrogens with zero attached hydrogens (tertiary/aromatic N) is 3. The van der Waals surface area contributed by atoms with Gasteiger partial charge in [0.25, 0.3) is 0 Å². The highest BCUT2D eigenvalue weighted by Gasteiger charge is 2.13. The molecule has 1 aromatic heterocycles. The minimum absolute atomic E-state index is 0.188. The molecule has 2 rings (SSSR count). The lowest BCUT2D eigenvalue weighted by molar-refractivity contribution is 0.122. The lowest BCUT2D eigenvalue weighted by Gasteiger charge is -2.28. The first kappa shape index (κ1) is 13.0. The Morgan fingerprint density at radius 1 is 1.39 bits per heavy atom. The second-order valence-corrected chi connectivity index (χ2v) is 4.26. The summed E-state index contributed by atoms with van der Waals surface area (Å²) in [5.74, 6) is 2.51. The van der Waals surface area contributed by atoms with Gasteiger partial charge in [-0.05, 0) is 13.3 Å². The zero-order chi connectivity index (χ0) is 12.8. The molecule has 6 heteroatoms. The zero-order valence-electron chi connectivity index (χ0n) is 10.7. The largest absolute Gasteiger partial charge is 0.396 e. The zero-order valence-corrected chi connectivity index (χ0v) is 10.7. The molecule has 1 saturated heterocycles. The Morgan fingerprint density at radius 2 is 2.17 bits per heavy atom. The van der Waals surface area contributed by atoms with Gasteiger partial charge in [0.1, 0.15) is 17.5 Å². The van der Waals surface area contributed by atoms with Crippen molar-refractivity contribution in [2.45, 2.75) is 13.3 Å². The standard InChI is InChI=1S/C12H20N4O2/c1-10-14-11(13-3-2-6-17)9-12(15-10)16-4-7-18-8-5-16/h9,17H,2-8H2,1H3,(H,13,14,15). The van der Waals surface area contributed by atoms with Crippen LogP contribution in [0.15, 0.2) is 6.07 Å². The Labute approximate surface area is 107 Å². The molecular formula is C12H20N4O2. The molecular weight excluding hydrogens is 232 g/mol. The Kier molecular flexibility index (Phi) is 4.72. The molecule has 0 radical (unpaired) electrons. The minimum Gasteiger partial charge on any atom is -0.396 e. The number of aliphatic hydroxyl groups is 1. The molecule has 1 aliphatic rings. The van der Waals surface area contributed by atoms with Crippen LogP contribution in [0.3, 0.4) is 0 Å². The lowest BCUT2D eigenvalue weighted by Crippen LogP contribution is -2.37. The number of anilines is 2. The van der Waals surface area contributed by atoms with E-state index in [9.17, 15) is 0 Å². The highest BCUT2D eigenvalue weighted by Crippen LogP contribution is 2.17. The molecule has 0 saturated carbocycles. The van der Waals surface area contributed by atoms with Crippen LogP contribution in [0, 0.1) is 6.92 Å². The maximum Gasteiger partial charge on any atom is 0.134 e. The van der Waals surface area contributed by atoms with Crippen molar-refractivity contribution in [2.24, 2.45) is 0 Å². The Bertz CT molecular complexity index is 380. The van der Waals surface area contributed by atoms with Crippen molar-refractivity contribution < 1.29 is 9.84 Å². The fourth-order valence-electron chi connectivity index (χ4n) is 1.89. The molecule has 2 N–H and O–H groups in total. The summed E-state index contributed by atoms with van der Waals surface area (Å²) in [6, 6.07) is 1.95. The van der Waals surface area contributed by atoms with Crippen molar-refractivity contribution in [2.75, 3.05) is 49.7 Å². The smallest absolute Gasteiger partial charge is 0.134 e. The summed E-state index contributed by atoms with van der Waals surface area (Å²) >= 11 is 0. The predicted molar refractivity (Wildman–Crippen MR) is 70.0 cm³/mol. The van der Waals surface area contributed by atoms with Gasteiger partial charge in [-0.15, -0.1) is 0 Å². The number of aryl methyl sites for hydroxylation is 1. The van der Waals surface area contributed by atoms with E-state index in [0.29, 0.717) is 0 Å². The molecule has 100 valence electrons. The summed E-state index contributed by atoms with van der Waals surface area (Å²) in [6.45, 7) is 6.02. The Balaban J connectivity index is 2.05. The fourth-order valence-corrected chi connectivity index (χ4v) is 1.89. The van der Waals surface area contributed by atoms with Crippen LogP contribution < -0.4 is 10.2 Å². The molecule has 1 aliphatic heterocycles. The van der Waals surface area contributed by atoms with Crippen LogP contribution in [-0.4, -0.2) is 54.5 Å². The first-order chi connectivity index (χ1) is 8.79. The van der Waals surface area contributed by atoms with Crippen molar-refractivity contribution in [3.63, 3.8) is 0 Å². The number of hydrogen-bond donors (Lipinski definition) is 2. The van der Waals surface area contributed by atoms with E-state index in [1.807, 2.05) is 13.0 Å². The Hall–Kier alpha value is -1.40. The van der Waals surface area contributed by atoms with Gasteiger partial charge in [0.2, 0.25) is 0 Å². The normalized spacial score (nSPS) is 15.8. The van der Waals surface area contributed by atoms with Crippen molar-refractivity contribution >= 4 is 11.6 Å². The van der Waals surface area contributed by atoms with Crippen LogP contribution in [-0.2, 0) is 4.74 Å². The van der Waals surface area contributed by atoms with Crippen molar-refractivity contribution in [1.82, 2.24) is 9.97 Å². The summed E-state index contributed by atoms with van der Waals surface area (Å²) in [5.41, 5.74) is 0. The molecule has 0 aliphatic carbocycles. The van der Waals surface area contributed by atoms with E-state index in [4.69, 9.17) is 9.84 Å². The van der Waals surface area contributed by atoms with Gasteiger partial charge in [-0.25, -0.2) is 9.97 Å². The molecule has 0 atom stereocenters. The van der Waals surface area contributed by atoms with Crippen molar-refractivity contribution in [3.05, 3.63) is 11.9 Å². The van der Waals surface area contributed by atoms with Gasteiger partial charge in [-0.3, -0.25) is 0 Å². The number of nitrogens with one attached hydrogen (secondary N) is 1. The van der Waals surface area contributed by atoms with Crippen LogP contribution in [0.4, 0.5) is 11.6 Å². The van der Waals surface area contributed by atoms with E-state index in [2.05, 4.69) is 20.2 Å². The van der Waals surface area contributed by atoms with E-state index in [-0.39, 0.29) is 6.61 Å². The van der Waals surface area contributed by atoms with Crippen LogP contribution in [0.2, 0.25) is 0 Å². The molecule has 2 heterocycles. The quantitative estimate of drug-likeness (QED) is 0.740. The molecule has 0 bridgehead atoms. The topological polar surface area (TPSA) is 70.5 Å². The highest BCUT2D eigenvalue weighted by molar-refractivity contribution is 5.49. The summed E-state index contributed by atoms with van der Waals surface area (Å²) < 4.78 is 5.33. The maximum atomic E-state index is 8.76. The Morgan fingerprint density at radius 3 is 2.89 bits per heavy atom. The van der Waals surface area contributed by atoms with Crippen LogP contribution in [0.25, 0.3) is 0 Å². The molecule has 1 fully saturated rings. The second-order valence-electron chi connectivity index (χ2n) is 4.26. The highest BCUT2D eigenvalue weighted by atomic mass is 16.5. The molecule has 1 aromatic rings. The molecule has 6 nitrogen and oxygen atoms in total. The van der Waals surface area contributed by atoms with E-state index in [0.717, 1.165) is 56.7 Å². The summed E-state index contributed by atoms with van der Waals surface area (Å²) in [7, 11) is 0. The fraction of sp³-hybridized carbons (Fsp3) is 0.667. The first-order valence-electron chi connectivity index (χ1n) is 6.32. The minimum atomic E-state index is 0.188.